The Hall–Kier alpha value is -2.86. The molecule has 0 saturated carbocycles. The predicted molar refractivity (Wildman–Crippen MR) is 107 cm³/mol. The van der Waals surface area contributed by atoms with E-state index < -0.39 is 0 Å². The number of rotatable bonds is 6. The van der Waals surface area contributed by atoms with Crippen molar-refractivity contribution in [2.75, 3.05) is 31.5 Å². The summed E-state index contributed by atoms with van der Waals surface area (Å²) in [6, 6.07) is 8.39. The van der Waals surface area contributed by atoms with Crippen LogP contribution >= 0.6 is 0 Å². The summed E-state index contributed by atoms with van der Waals surface area (Å²) in [5.41, 5.74) is 5.02. The first-order valence-corrected chi connectivity index (χ1v) is 9.45. The minimum atomic E-state index is 0.658. The van der Waals surface area contributed by atoms with Crippen LogP contribution < -0.4 is 5.32 Å². The summed E-state index contributed by atoms with van der Waals surface area (Å²) in [6.07, 6.45) is 9.60. The van der Waals surface area contributed by atoms with E-state index in [0.717, 1.165) is 35.5 Å². The van der Waals surface area contributed by atoms with Crippen molar-refractivity contribution in [1.29, 1.82) is 0 Å². The summed E-state index contributed by atoms with van der Waals surface area (Å²) in [6.45, 7) is 6.36. The number of hydrogen-bond acceptors (Lipinski definition) is 6. The van der Waals surface area contributed by atoms with Gasteiger partial charge in [-0.3, -0.25) is 0 Å². The molecule has 1 saturated heterocycles. The molecule has 2 aromatic heterocycles. The Labute approximate surface area is 159 Å². The molecule has 0 unspecified atom stereocenters. The molecule has 0 amide bonds. The summed E-state index contributed by atoms with van der Waals surface area (Å²) >= 11 is 0. The highest BCUT2D eigenvalue weighted by atomic mass is 15.2. The third-order valence-electron chi connectivity index (χ3n) is 4.90. The monoisotopic (exact) mass is 360 g/mol. The summed E-state index contributed by atoms with van der Waals surface area (Å²) in [4.78, 5) is 20.1. The molecule has 0 atom stereocenters. The van der Waals surface area contributed by atoms with E-state index in [1.54, 1.807) is 12.4 Å². The topological polar surface area (TPSA) is 66.8 Å². The molecule has 6 nitrogen and oxygen atoms in total. The van der Waals surface area contributed by atoms with Crippen LogP contribution in [0.25, 0.3) is 22.4 Å². The van der Waals surface area contributed by atoms with Gasteiger partial charge in [-0.15, -0.1) is 0 Å². The predicted octanol–water partition coefficient (Wildman–Crippen LogP) is 3.42. The zero-order valence-electron chi connectivity index (χ0n) is 15.6. The number of benzene rings is 1. The van der Waals surface area contributed by atoms with Crippen LogP contribution in [0.4, 0.5) is 5.95 Å². The first-order chi connectivity index (χ1) is 13.3. The highest BCUT2D eigenvalue weighted by Crippen LogP contribution is 2.30. The highest BCUT2D eigenvalue weighted by molar-refractivity contribution is 5.80. The molecule has 0 bridgehead atoms. The minimum absolute atomic E-state index is 0.658. The molecule has 27 heavy (non-hydrogen) atoms. The highest BCUT2D eigenvalue weighted by Gasteiger charge is 2.13. The largest absolute Gasteiger partial charge is 0.353 e. The Morgan fingerprint density at radius 3 is 2.44 bits per heavy atom. The zero-order chi connectivity index (χ0) is 18.5. The molecule has 0 aliphatic carbocycles. The van der Waals surface area contributed by atoms with Gasteiger partial charge < -0.3 is 10.2 Å². The quantitative estimate of drug-likeness (QED) is 0.727. The molecule has 1 fully saturated rings. The van der Waals surface area contributed by atoms with E-state index in [0.29, 0.717) is 5.95 Å². The van der Waals surface area contributed by atoms with Crippen LogP contribution in [0.1, 0.15) is 18.4 Å². The van der Waals surface area contributed by atoms with Gasteiger partial charge in [0.1, 0.15) is 6.33 Å². The fraction of sp³-hybridized carbons (Fsp3) is 0.333. The van der Waals surface area contributed by atoms with E-state index in [4.69, 9.17) is 4.98 Å². The average molecular weight is 360 g/mol. The van der Waals surface area contributed by atoms with E-state index in [-0.39, 0.29) is 0 Å². The van der Waals surface area contributed by atoms with Gasteiger partial charge in [-0.1, -0.05) is 29.8 Å². The van der Waals surface area contributed by atoms with Crippen LogP contribution in [-0.2, 0) is 0 Å². The number of anilines is 1. The van der Waals surface area contributed by atoms with Gasteiger partial charge in [-0.2, -0.15) is 0 Å². The maximum atomic E-state index is 4.82. The number of hydrogen-bond donors (Lipinski definition) is 1. The van der Waals surface area contributed by atoms with Crippen molar-refractivity contribution in [3.63, 3.8) is 0 Å². The number of aromatic nitrogens is 4. The number of nitrogens with one attached hydrogen (secondary N) is 1. The Morgan fingerprint density at radius 2 is 1.70 bits per heavy atom. The summed E-state index contributed by atoms with van der Waals surface area (Å²) in [5, 5.41) is 3.38. The van der Waals surface area contributed by atoms with Crippen LogP contribution in [0.5, 0.6) is 0 Å². The van der Waals surface area contributed by atoms with Crippen LogP contribution in [-0.4, -0.2) is 51.0 Å². The van der Waals surface area contributed by atoms with Crippen LogP contribution in [0.2, 0.25) is 0 Å². The summed E-state index contributed by atoms with van der Waals surface area (Å²) < 4.78 is 0. The van der Waals surface area contributed by atoms with Crippen molar-refractivity contribution in [3.8, 4) is 22.4 Å². The lowest BCUT2D eigenvalue weighted by Crippen LogP contribution is -2.26. The third kappa shape index (κ3) is 4.28. The molecule has 1 aliphatic rings. The van der Waals surface area contributed by atoms with E-state index in [1.165, 1.54) is 37.8 Å². The molecule has 0 radical (unpaired) electrons. The number of likely N-dealkylation sites (tertiary alicyclic amines) is 1. The van der Waals surface area contributed by atoms with E-state index in [1.807, 2.05) is 6.20 Å². The van der Waals surface area contributed by atoms with Gasteiger partial charge in [-0.05, 0) is 32.9 Å². The van der Waals surface area contributed by atoms with Crippen molar-refractivity contribution < 1.29 is 0 Å². The zero-order valence-corrected chi connectivity index (χ0v) is 15.6. The maximum absolute atomic E-state index is 4.82. The second-order valence-corrected chi connectivity index (χ2v) is 6.92. The van der Waals surface area contributed by atoms with Gasteiger partial charge in [0.05, 0.1) is 5.69 Å². The first-order valence-electron chi connectivity index (χ1n) is 9.45. The van der Waals surface area contributed by atoms with Crippen molar-refractivity contribution in [3.05, 3.63) is 54.7 Å². The molecule has 138 valence electrons. The lowest BCUT2D eigenvalue weighted by atomic mass is 10.0. The van der Waals surface area contributed by atoms with Gasteiger partial charge in [-0.25, -0.2) is 19.9 Å². The van der Waals surface area contributed by atoms with Crippen molar-refractivity contribution >= 4 is 5.95 Å². The smallest absolute Gasteiger partial charge is 0.223 e. The normalized spacial score (nSPS) is 14.4. The Bertz CT molecular complexity index is 873. The van der Waals surface area contributed by atoms with Gasteiger partial charge in [0.2, 0.25) is 5.95 Å². The van der Waals surface area contributed by atoms with E-state index in [2.05, 4.69) is 56.4 Å². The Morgan fingerprint density at radius 1 is 0.963 bits per heavy atom. The molecule has 1 aliphatic heterocycles. The lowest BCUT2D eigenvalue weighted by Gasteiger charge is -2.15. The lowest BCUT2D eigenvalue weighted by molar-refractivity contribution is 0.352. The number of nitrogens with zero attached hydrogens (tertiary/aromatic N) is 5. The van der Waals surface area contributed by atoms with E-state index in [9.17, 15) is 0 Å². The summed E-state index contributed by atoms with van der Waals surface area (Å²) in [7, 11) is 0. The molecular weight excluding hydrogens is 336 g/mol. The standard InChI is InChI=1S/C21H24N6/c1-16-4-6-17(7-5-16)20-19(18-12-22-15-23-13-18)14-25-21(26-20)24-8-11-27-9-2-3-10-27/h4-7,12-15H,2-3,8-11H2,1H3,(H,24,25,26). The fourth-order valence-corrected chi connectivity index (χ4v) is 3.38. The Balaban J connectivity index is 1.60. The minimum Gasteiger partial charge on any atom is -0.353 e. The maximum Gasteiger partial charge on any atom is 0.223 e. The van der Waals surface area contributed by atoms with Gasteiger partial charge in [0, 0.05) is 48.4 Å². The van der Waals surface area contributed by atoms with Crippen molar-refractivity contribution in [2.45, 2.75) is 19.8 Å². The molecule has 3 aromatic rings. The van der Waals surface area contributed by atoms with Gasteiger partial charge >= 0.3 is 0 Å². The van der Waals surface area contributed by atoms with Crippen LogP contribution in [0, 0.1) is 6.92 Å². The molecule has 1 N–H and O–H groups in total. The average Bonchev–Trinajstić information content (AvgIpc) is 3.23. The molecule has 6 heteroatoms. The van der Waals surface area contributed by atoms with Crippen LogP contribution in [0.3, 0.4) is 0 Å². The molecule has 1 aromatic carbocycles. The van der Waals surface area contributed by atoms with Crippen LogP contribution in [0.15, 0.2) is 49.2 Å². The second-order valence-electron chi connectivity index (χ2n) is 6.92. The van der Waals surface area contributed by atoms with Crippen molar-refractivity contribution in [2.24, 2.45) is 0 Å². The van der Waals surface area contributed by atoms with Gasteiger partial charge in [0.15, 0.2) is 0 Å². The van der Waals surface area contributed by atoms with Crippen molar-refractivity contribution in [1.82, 2.24) is 24.8 Å². The third-order valence-corrected chi connectivity index (χ3v) is 4.90. The van der Waals surface area contributed by atoms with E-state index >= 15 is 0 Å². The molecule has 0 spiro atoms. The fourth-order valence-electron chi connectivity index (χ4n) is 3.38. The Kier molecular flexibility index (Phi) is 5.34. The summed E-state index contributed by atoms with van der Waals surface area (Å²) in [5.74, 6) is 0.658. The van der Waals surface area contributed by atoms with Gasteiger partial charge in [0.25, 0.3) is 0 Å². The SMILES string of the molecule is Cc1ccc(-c2nc(NCCN3CCCC3)ncc2-c2cncnc2)cc1. The number of aryl methyl sites for hydroxylation is 1. The first kappa shape index (κ1) is 17.5. The molecular formula is C21H24N6. The second kappa shape index (κ2) is 8.22. The molecule has 3 heterocycles. The molecule has 4 rings (SSSR count).